The van der Waals surface area contributed by atoms with E-state index in [4.69, 9.17) is 4.74 Å². The van der Waals surface area contributed by atoms with Gasteiger partial charge in [-0.05, 0) is 39.3 Å². The molecule has 1 aromatic rings. The molecule has 4 nitrogen and oxygen atoms in total. The van der Waals surface area contributed by atoms with Crippen LogP contribution in [0.2, 0.25) is 0 Å². The van der Waals surface area contributed by atoms with Crippen LogP contribution in [-0.4, -0.2) is 38.3 Å². The summed E-state index contributed by atoms with van der Waals surface area (Å²) in [6.45, 7) is 7.02. The molecule has 5 heteroatoms. The van der Waals surface area contributed by atoms with Crippen LogP contribution in [0.25, 0.3) is 0 Å². The van der Waals surface area contributed by atoms with E-state index in [0.717, 1.165) is 6.42 Å². The number of aryl methyl sites for hydroxylation is 1. The molecule has 1 rings (SSSR count). The van der Waals surface area contributed by atoms with Gasteiger partial charge in [-0.2, -0.15) is 0 Å². The number of hydrogen-bond acceptors (Lipinski definition) is 4. The Labute approximate surface area is 119 Å². The van der Waals surface area contributed by atoms with Gasteiger partial charge in [0.15, 0.2) is 0 Å². The van der Waals surface area contributed by atoms with Crippen LogP contribution in [-0.2, 0) is 16.0 Å². The molecular weight excluding hydrogens is 260 g/mol. The Morgan fingerprint density at radius 1 is 1.37 bits per heavy atom. The van der Waals surface area contributed by atoms with Crippen molar-refractivity contribution >= 4 is 17.2 Å². The third-order valence-electron chi connectivity index (χ3n) is 2.74. The molecule has 2 N–H and O–H groups in total. The predicted molar refractivity (Wildman–Crippen MR) is 79.7 cm³/mol. The molecule has 0 aliphatic heterocycles. The molecule has 1 aromatic heterocycles. The lowest BCUT2D eigenvalue weighted by atomic mass is 10.2. The van der Waals surface area contributed by atoms with E-state index in [2.05, 4.69) is 36.6 Å². The minimum atomic E-state index is 0.0127. The number of rotatable bonds is 8. The van der Waals surface area contributed by atoms with E-state index in [1.807, 2.05) is 18.3 Å². The lowest BCUT2D eigenvalue weighted by molar-refractivity contribution is -0.121. The summed E-state index contributed by atoms with van der Waals surface area (Å²) in [6, 6.07) is 4.63. The molecule has 0 aliphatic rings. The van der Waals surface area contributed by atoms with Gasteiger partial charge in [0.2, 0.25) is 5.91 Å². The summed E-state index contributed by atoms with van der Waals surface area (Å²) >= 11 is 1.81. The first-order valence-electron chi connectivity index (χ1n) is 6.58. The lowest BCUT2D eigenvalue weighted by Gasteiger charge is -2.15. The molecule has 0 aliphatic carbocycles. The van der Waals surface area contributed by atoms with E-state index in [0.29, 0.717) is 19.2 Å². The van der Waals surface area contributed by atoms with Gasteiger partial charge < -0.3 is 15.4 Å². The number of carbonyl (C=O) groups excluding carboxylic acids is 1. The zero-order valence-electron chi connectivity index (χ0n) is 12.2. The number of methoxy groups -OCH3 is 1. The molecule has 2 unspecified atom stereocenters. The average Bonchev–Trinajstić information content (AvgIpc) is 2.72. The van der Waals surface area contributed by atoms with E-state index >= 15 is 0 Å². The molecule has 0 saturated carbocycles. The van der Waals surface area contributed by atoms with Gasteiger partial charge in [-0.1, -0.05) is 0 Å². The van der Waals surface area contributed by atoms with Crippen molar-refractivity contribution in [2.75, 3.05) is 20.3 Å². The Morgan fingerprint density at radius 3 is 2.68 bits per heavy atom. The highest BCUT2D eigenvalue weighted by atomic mass is 32.1. The lowest BCUT2D eigenvalue weighted by Crippen LogP contribution is -2.43. The van der Waals surface area contributed by atoms with Crippen molar-refractivity contribution in [2.24, 2.45) is 0 Å². The maximum absolute atomic E-state index is 11.7. The van der Waals surface area contributed by atoms with Crippen LogP contribution in [0.4, 0.5) is 0 Å². The van der Waals surface area contributed by atoms with Gasteiger partial charge in [-0.25, -0.2) is 0 Å². The fourth-order valence-electron chi connectivity index (χ4n) is 1.85. The van der Waals surface area contributed by atoms with Crippen molar-refractivity contribution in [1.29, 1.82) is 0 Å². The van der Waals surface area contributed by atoms with Crippen molar-refractivity contribution in [2.45, 2.75) is 39.3 Å². The summed E-state index contributed by atoms with van der Waals surface area (Å²) in [4.78, 5) is 14.3. The van der Waals surface area contributed by atoms with Crippen LogP contribution in [0.3, 0.4) is 0 Å². The molecule has 0 spiro atoms. The van der Waals surface area contributed by atoms with Gasteiger partial charge in [-0.3, -0.25) is 4.79 Å². The molecule has 108 valence electrons. The summed E-state index contributed by atoms with van der Waals surface area (Å²) in [6.07, 6.45) is 0.958. The molecule has 0 bridgehead atoms. The summed E-state index contributed by atoms with van der Waals surface area (Å²) < 4.78 is 4.98. The second-order valence-corrected chi connectivity index (χ2v) is 6.29. The van der Waals surface area contributed by atoms with Crippen LogP contribution < -0.4 is 10.6 Å². The summed E-state index contributed by atoms with van der Waals surface area (Å²) in [5.41, 5.74) is 0. The first-order valence-corrected chi connectivity index (χ1v) is 7.40. The van der Waals surface area contributed by atoms with Crippen molar-refractivity contribution in [3.05, 3.63) is 21.9 Å². The number of hydrogen-bond donors (Lipinski definition) is 2. The van der Waals surface area contributed by atoms with E-state index in [1.165, 1.54) is 9.75 Å². The molecule has 0 fully saturated rings. The van der Waals surface area contributed by atoms with Crippen molar-refractivity contribution in [1.82, 2.24) is 10.6 Å². The standard InChI is InChI=1S/C14H24N2O2S/c1-10(7-13-6-5-12(3)19-13)15-8-14(17)16-11(2)9-18-4/h5-6,10-11,15H,7-9H2,1-4H3,(H,16,17). The van der Waals surface area contributed by atoms with E-state index < -0.39 is 0 Å². The topological polar surface area (TPSA) is 50.4 Å². The zero-order chi connectivity index (χ0) is 14.3. The predicted octanol–water partition coefficient (Wildman–Crippen LogP) is 1.73. The Hall–Kier alpha value is -0.910. The van der Waals surface area contributed by atoms with Gasteiger partial charge in [0.1, 0.15) is 0 Å². The number of carbonyl (C=O) groups is 1. The van der Waals surface area contributed by atoms with Crippen LogP contribution in [0.5, 0.6) is 0 Å². The van der Waals surface area contributed by atoms with Crippen molar-refractivity contribution < 1.29 is 9.53 Å². The number of ether oxygens (including phenoxy) is 1. The van der Waals surface area contributed by atoms with Gasteiger partial charge in [0, 0.05) is 28.9 Å². The summed E-state index contributed by atoms with van der Waals surface area (Å²) in [7, 11) is 1.63. The first-order chi connectivity index (χ1) is 9.01. The van der Waals surface area contributed by atoms with Crippen LogP contribution in [0, 0.1) is 6.92 Å². The third kappa shape index (κ3) is 6.71. The fraction of sp³-hybridized carbons (Fsp3) is 0.643. The monoisotopic (exact) mass is 284 g/mol. The van der Waals surface area contributed by atoms with E-state index in [-0.39, 0.29) is 11.9 Å². The van der Waals surface area contributed by atoms with Gasteiger partial charge >= 0.3 is 0 Å². The molecule has 0 aromatic carbocycles. The number of thiophene rings is 1. The molecule has 0 radical (unpaired) electrons. The van der Waals surface area contributed by atoms with Gasteiger partial charge in [-0.15, -0.1) is 11.3 Å². The highest BCUT2D eigenvalue weighted by Crippen LogP contribution is 2.16. The number of nitrogens with one attached hydrogen (secondary N) is 2. The van der Waals surface area contributed by atoms with Crippen LogP contribution >= 0.6 is 11.3 Å². The van der Waals surface area contributed by atoms with Gasteiger partial charge in [0.25, 0.3) is 0 Å². The van der Waals surface area contributed by atoms with E-state index in [9.17, 15) is 4.79 Å². The Kier molecular flexibility index (Phi) is 7.05. The SMILES string of the molecule is COCC(C)NC(=O)CNC(C)Cc1ccc(C)s1. The second kappa shape index (κ2) is 8.30. The molecule has 1 amide bonds. The normalized spacial score (nSPS) is 14.1. The van der Waals surface area contributed by atoms with Gasteiger partial charge in [0.05, 0.1) is 13.2 Å². The molecule has 19 heavy (non-hydrogen) atoms. The zero-order valence-corrected chi connectivity index (χ0v) is 13.0. The molecule has 1 heterocycles. The second-order valence-electron chi connectivity index (χ2n) is 4.92. The highest BCUT2D eigenvalue weighted by molar-refractivity contribution is 7.11. The fourth-order valence-corrected chi connectivity index (χ4v) is 2.87. The summed E-state index contributed by atoms with van der Waals surface area (Å²) in [5.74, 6) is 0.0127. The van der Waals surface area contributed by atoms with Crippen LogP contribution in [0.1, 0.15) is 23.6 Å². The van der Waals surface area contributed by atoms with E-state index in [1.54, 1.807) is 7.11 Å². The van der Waals surface area contributed by atoms with Crippen LogP contribution in [0.15, 0.2) is 12.1 Å². The molecular formula is C14H24N2O2S. The minimum Gasteiger partial charge on any atom is -0.383 e. The molecule has 0 saturated heterocycles. The molecule has 2 atom stereocenters. The van der Waals surface area contributed by atoms with Crippen molar-refractivity contribution in [3.8, 4) is 0 Å². The Balaban J connectivity index is 2.22. The minimum absolute atomic E-state index is 0.0127. The third-order valence-corrected chi connectivity index (χ3v) is 3.76. The summed E-state index contributed by atoms with van der Waals surface area (Å²) in [5, 5.41) is 6.12. The smallest absolute Gasteiger partial charge is 0.234 e. The largest absolute Gasteiger partial charge is 0.383 e. The maximum atomic E-state index is 11.7. The quantitative estimate of drug-likeness (QED) is 0.764. The highest BCUT2D eigenvalue weighted by Gasteiger charge is 2.09. The number of amides is 1. The maximum Gasteiger partial charge on any atom is 0.234 e. The Morgan fingerprint density at radius 2 is 2.11 bits per heavy atom. The first kappa shape index (κ1) is 16.1. The van der Waals surface area contributed by atoms with Crippen molar-refractivity contribution in [3.63, 3.8) is 0 Å². The average molecular weight is 284 g/mol. The Bertz CT molecular complexity index is 393.